The van der Waals surface area contributed by atoms with Gasteiger partial charge in [-0.15, -0.1) is 0 Å². The number of hydrogen-bond acceptors (Lipinski definition) is 2. The van der Waals surface area contributed by atoms with E-state index in [0.29, 0.717) is 6.04 Å². The van der Waals surface area contributed by atoms with E-state index in [1.807, 2.05) is 10.9 Å². The first-order chi connectivity index (χ1) is 7.84. The molecule has 1 N–H and O–H groups in total. The molecule has 0 radical (unpaired) electrons. The highest BCUT2D eigenvalue weighted by Crippen LogP contribution is 2.16. The van der Waals surface area contributed by atoms with Crippen LogP contribution in [0.25, 0.3) is 0 Å². The van der Waals surface area contributed by atoms with E-state index in [1.54, 1.807) is 6.20 Å². The summed E-state index contributed by atoms with van der Waals surface area (Å²) in [6, 6.07) is 0.716. The van der Waals surface area contributed by atoms with Crippen LogP contribution in [0.3, 0.4) is 0 Å². The third-order valence-electron chi connectivity index (χ3n) is 3.23. The zero-order chi connectivity index (χ0) is 11.2. The van der Waals surface area contributed by atoms with E-state index in [2.05, 4.69) is 10.4 Å². The number of nitrogens with zero attached hydrogens (tertiary/aromatic N) is 2. The van der Waals surface area contributed by atoms with E-state index in [4.69, 9.17) is 11.6 Å². The van der Waals surface area contributed by atoms with Crippen molar-refractivity contribution in [3.05, 3.63) is 17.4 Å². The van der Waals surface area contributed by atoms with Gasteiger partial charge < -0.3 is 5.32 Å². The first kappa shape index (κ1) is 11.9. The SMILES string of the molecule is Clc1cnn(CCNC2CCCCCC2)c1. The second-order valence-corrected chi connectivity index (χ2v) is 5.00. The zero-order valence-corrected chi connectivity index (χ0v) is 10.4. The van der Waals surface area contributed by atoms with Crippen LogP contribution in [-0.2, 0) is 6.54 Å². The van der Waals surface area contributed by atoms with Crippen molar-refractivity contribution in [2.24, 2.45) is 0 Å². The van der Waals surface area contributed by atoms with Gasteiger partial charge in [-0.3, -0.25) is 4.68 Å². The highest BCUT2D eigenvalue weighted by Gasteiger charge is 2.10. The molecule has 1 aliphatic carbocycles. The van der Waals surface area contributed by atoms with Crippen LogP contribution in [0.1, 0.15) is 38.5 Å². The van der Waals surface area contributed by atoms with Gasteiger partial charge in [0.15, 0.2) is 0 Å². The molecule has 0 atom stereocenters. The van der Waals surface area contributed by atoms with Crippen LogP contribution in [0, 0.1) is 0 Å². The molecule has 1 aromatic rings. The van der Waals surface area contributed by atoms with E-state index < -0.39 is 0 Å². The fraction of sp³-hybridized carbons (Fsp3) is 0.750. The molecule has 0 amide bonds. The Kier molecular flexibility index (Phi) is 4.67. The predicted octanol–water partition coefficient (Wildman–Crippen LogP) is 2.85. The number of aromatic nitrogens is 2. The van der Waals surface area contributed by atoms with E-state index in [9.17, 15) is 0 Å². The van der Waals surface area contributed by atoms with Gasteiger partial charge in [-0.05, 0) is 12.8 Å². The van der Waals surface area contributed by atoms with E-state index in [1.165, 1.54) is 38.5 Å². The monoisotopic (exact) mass is 241 g/mol. The van der Waals surface area contributed by atoms with Crippen LogP contribution in [0.15, 0.2) is 12.4 Å². The van der Waals surface area contributed by atoms with Crippen molar-refractivity contribution in [3.8, 4) is 0 Å². The minimum absolute atomic E-state index is 0.716. The fourth-order valence-electron chi connectivity index (χ4n) is 2.33. The fourth-order valence-corrected chi connectivity index (χ4v) is 2.48. The Morgan fingerprint density at radius 1 is 1.31 bits per heavy atom. The van der Waals surface area contributed by atoms with Crippen LogP contribution >= 0.6 is 11.6 Å². The molecule has 0 bridgehead atoms. The molecule has 2 rings (SSSR count). The van der Waals surface area contributed by atoms with Gasteiger partial charge in [-0.2, -0.15) is 5.10 Å². The van der Waals surface area contributed by atoms with Crippen LogP contribution in [0.4, 0.5) is 0 Å². The maximum atomic E-state index is 5.81. The van der Waals surface area contributed by atoms with E-state index in [-0.39, 0.29) is 0 Å². The summed E-state index contributed by atoms with van der Waals surface area (Å²) in [5.41, 5.74) is 0. The molecule has 1 fully saturated rings. The van der Waals surface area contributed by atoms with Crippen molar-refractivity contribution in [2.45, 2.75) is 51.1 Å². The molecule has 3 nitrogen and oxygen atoms in total. The van der Waals surface area contributed by atoms with Crippen molar-refractivity contribution in [1.29, 1.82) is 0 Å². The largest absolute Gasteiger partial charge is 0.312 e. The van der Waals surface area contributed by atoms with Crippen molar-refractivity contribution in [2.75, 3.05) is 6.54 Å². The highest BCUT2D eigenvalue weighted by atomic mass is 35.5. The summed E-state index contributed by atoms with van der Waals surface area (Å²) in [6.07, 6.45) is 11.8. The molecule has 1 saturated carbocycles. The topological polar surface area (TPSA) is 29.9 Å². The Balaban J connectivity index is 1.67. The molecule has 0 saturated heterocycles. The minimum Gasteiger partial charge on any atom is -0.312 e. The molecule has 0 aliphatic heterocycles. The normalized spacial score (nSPS) is 18.6. The van der Waals surface area contributed by atoms with Gasteiger partial charge in [0.1, 0.15) is 0 Å². The zero-order valence-electron chi connectivity index (χ0n) is 9.66. The molecule has 1 aromatic heterocycles. The van der Waals surface area contributed by atoms with Gasteiger partial charge in [0, 0.05) is 18.8 Å². The Morgan fingerprint density at radius 2 is 2.06 bits per heavy atom. The maximum Gasteiger partial charge on any atom is 0.0785 e. The lowest BCUT2D eigenvalue weighted by molar-refractivity contribution is 0.436. The second kappa shape index (κ2) is 6.26. The molecule has 1 aliphatic rings. The van der Waals surface area contributed by atoms with Crippen molar-refractivity contribution < 1.29 is 0 Å². The number of halogens is 1. The quantitative estimate of drug-likeness (QED) is 0.822. The summed E-state index contributed by atoms with van der Waals surface area (Å²) in [6.45, 7) is 1.89. The van der Waals surface area contributed by atoms with Crippen molar-refractivity contribution in [3.63, 3.8) is 0 Å². The molecule has 1 heterocycles. The molecule has 4 heteroatoms. The van der Waals surface area contributed by atoms with Gasteiger partial charge in [0.25, 0.3) is 0 Å². The van der Waals surface area contributed by atoms with Crippen LogP contribution in [0.5, 0.6) is 0 Å². The third-order valence-corrected chi connectivity index (χ3v) is 3.43. The first-order valence-electron chi connectivity index (χ1n) is 6.26. The Labute approximate surface area is 102 Å². The Hall–Kier alpha value is -0.540. The summed E-state index contributed by atoms with van der Waals surface area (Å²) >= 11 is 5.81. The molecule has 16 heavy (non-hydrogen) atoms. The molecule has 0 spiro atoms. The average Bonchev–Trinajstić information content (AvgIpc) is 2.54. The standard InChI is InChI=1S/C12H20ClN3/c13-11-9-15-16(10-11)8-7-14-12-5-3-1-2-4-6-12/h9-10,12,14H,1-8H2. The Morgan fingerprint density at radius 3 is 2.69 bits per heavy atom. The number of hydrogen-bond donors (Lipinski definition) is 1. The lowest BCUT2D eigenvalue weighted by Gasteiger charge is -2.15. The van der Waals surface area contributed by atoms with Gasteiger partial charge in [-0.1, -0.05) is 37.3 Å². The van der Waals surface area contributed by atoms with Crippen LogP contribution < -0.4 is 5.32 Å². The summed E-state index contributed by atoms with van der Waals surface area (Å²) in [5, 5.41) is 8.49. The minimum atomic E-state index is 0.716. The van der Waals surface area contributed by atoms with Crippen LogP contribution in [0.2, 0.25) is 5.02 Å². The Bertz CT molecular complexity index is 303. The van der Waals surface area contributed by atoms with Gasteiger partial charge in [0.05, 0.1) is 17.8 Å². The van der Waals surface area contributed by atoms with Gasteiger partial charge in [0.2, 0.25) is 0 Å². The van der Waals surface area contributed by atoms with E-state index >= 15 is 0 Å². The maximum absolute atomic E-state index is 5.81. The van der Waals surface area contributed by atoms with Crippen molar-refractivity contribution >= 4 is 11.6 Å². The molecule has 0 aromatic carbocycles. The molecular weight excluding hydrogens is 222 g/mol. The van der Waals surface area contributed by atoms with Crippen molar-refractivity contribution in [1.82, 2.24) is 15.1 Å². The smallest absolute Gasteiger partial charge is 0.0785 e. The summed E-state index contributed by atoms with van der Waals surface area (Å²) in [4.78, 5) is 0. The lowest BCUT2D eigenvalue weighted by Crippen LogP contribution is -2.31. The number of rotatable bonds is 4. The third kappa shape index (κ3) is 3.80. The predicted molar refractivity (Wildman–Crippen MR) is 66.7 cm³/mol. The second-order valence-electron chi connectivity index (χ2n) is 4.56. The van der Waals surface area contributed by atoms with E-state index in [0.717, 1.165) is 18.1 Å². The highest BCUT2D eigenvalue weighted by molar-refractivity contribution is 6.30. The lowest BCUT2D eigenvalue weighted by atomic mass is 10.1. The average molecular weight is 242 g/mol. The molecular formula is C12H20ClN3. The molecule has 0 unspecified atom stereocenters. The summed E-state index contributed by atoms with van der Waals surface area (Å²) in [7, 11) is 0. The first-order valence-corrected chi connectivity index (χ1v) is 6.64. The van der Waals surface area contributed by atoms with Gasteiger partial charge >= 0.3 is 0 Å². The number of nitrogens with one attached hydrogen (secondary N) is 1. The summed E-state index contributed by atoms with van der Waals surface area (Å²) < 4.78 is 1.89. The van der Waals surface area contributed by atoms with Gasteiger partial charge in [-0.25, -0.2) is 0 Å². The molecule has 90 valence electrons. The van der Waals surface area contributed by atoms with Crippen LogP contribution in [-0.4, -0.2) is 22.4 Å². The summed E-state index contributed by atoms with van der Waals surface area (Å²) in [5.74, 6) is 0.